The van der Waals surface area contributed by atoms with Gasteiger partial charge in [0.2, 0.25) is 0 Å². The van der Waals surface area contributed by atoms with Crippen LogP contribution in [0.4, 0.5) is 0 Å². The average Bonchev–Trinajstić information content (AvgIpc) is 3.44. The van der Waals surface area contributed by atoms with Gasteiger partial charge in [0, 0.05) is 0 Å². The summed E-state index contributed by atoms with van der Waals surface area (Å²) in [5, 5.41) is 11.6. The van der Waals surface area contributed by atoms with Crippen LogP contribution in [0.2, 0.25) is 0 Å². The molecule has 2 heterocycles. The van der Waals surface area contributed by atoms with Gasteiger partial charge in [-0.15, -0.1) is 0 Å². The third-order valence-electron chi connectivity index (χ3n) is 4.48. The fourth-order valence-corrected chi connectivity index (χ4v) is 3.04. The van der Waals surface area contributed by atoms with Gasteiger partial charge < -0.3 is 10.1 Å². The van der Waals surface area contributed by atoms with Crippen molar-refractivity contribution in [3.8, 4) is 11.4 Å². The molecule has 1 atom stereocenters. The van der Waals surface area contributed by atoms with E-state index >= 15 is 0 Å². The molecule has 8 nitrogen and oxygen atoms in total. The number of nitrogens with one attached hydrogen (secondary N) is 1. The summed E-state index contributed by atoms with van der Waals surface area (Å²) in [7, 11) is 1.52. The molecule has 29 heavy (non-hydrogen) atoms. The van der Waals surface area contributed by atoms with E-state index in [0.29, 0.717) is 12.3 Å². The molecule has 2 aromatic heterocycles. The number of benzene rings is 2. The number of rotatable bonds is 7. The predicted molar refractivity (Wildman–Crippen MR) is 107 cm³/mol. The lowest BCUT2D eigenvalue weighted by Gasteiger charge is -2.18. The summed E-state index contributed by atoms with van der Waals surface area (Å²) >= 11 is 0. The van der Waals surface area contributed by atoms with Gasteiger partial charge in [-0.3, -0.25) is 9.48 Å². The summed E-state index contributed by atoms with van der Waals surface area (Å²) in [5.41, 5.74) is 2.01. The summed E-state index contributed by atoms with van der Waals surface area (Å²) in [6, 6.07) is 19.0. The molecule has 4 aromatic rings. The Hall–Kier alpha value is -3.94. The van der Waals surface area contributed by atoms with Crippen molar-refractivity contribution in [2.45, 2.75) is 12.6 Å². The Labute approximate surface area is 167 Å². The maximum Gasteiger partial charge on any atom is 0.276 e. The number of hydrogen-bond donors (Lipinski definition) is 1. The standard InChI is InChI=1S/C21H20N6O2/c1-29-19-13-27(17-10-6-3-7-11-17)25-20(19)21(28)24-18(12-26-15-22-14-23-26)16-8-4-2-5-9-16/h2-11,13-15,18H,12H2,1H3,(H,24,28). The van der Waals surface area contributed by atoms with Crippen LogP contribution in [0.3, 0.4) is 0 Å². The van der Waals surface area contributed by atoms with Gasteiger partial charge in [-0.1, -0.05) is 48.5 Å². The number of methoxy groups -OCH3 is 1. The van der Waals surface area contributed by atoms with E-state index in [1.807, 2.05) is 60.7 Å². The first-order valence-electron chi connectivity index (χ1n) is 9.12. The Morgan fingerprint density at radius 3 is 2.48 bits per heavy atom. The Bertz CT molecular complexity index is 1060. The number of aromatic nitrogens is 5. The second kappa shape index (κ2) is 8.39. The van der Waals surface area contributed by atoms with Crippen LogP contribution in [0.1, 0.15) is 22.1 Å². The molecule has 0 saturated carbocycles. The lowest BCUT2D eigenvalue weighted by atomic mass is 10.1. The van der Waals surface area contributed by atoms with Crippen molar-refractivity contribution in [1.82, 2.24) is 29.9 Å². The van der Waals surface area contributed by atoms with Gasteiger partial charge in [0.05, 0.1) is 31.6 Å². The second-order valence-corrected chi connectivity index (χ2v) is 6.38. The zero-order valence-electron chi connectivity index (χ0n) is 15.8. The average molecular weight is 388 g/mol. The molecule has 2 aromatic carbocycles. The summed E-state index contributed by atoms with van der Waals surface area (Å²) in [4.78, 5) is 17.0. The first kappa shape index (κ1) is 18.4. The van der Waals surface area contributed by atoms with Crippen LogP contribution in [-0.2, 0) is 6.54 Å². The second-order valence-electron chi connectivity index (χ2n) is 6.38. The number of hydrogen-bond acceptors (Lipinski definition) is 5. The molecule has 1 amide bonds. The predicted octanol–water partition coefficient (Wildman–Crippen LogP) is 2.64. The number of ether oxygens (including phenoxy) is 1. The molecule has 0 spiro atoms. The maximum atomic E-state index is 13.1. The van der Waals surface area contributed by atoms with Crippen molar-refractivity contribution >= 4 is 5.91 Å². The highest BCUT2D eigenvalue weighted by Gasteiger charge is 2.23. The summed E-state index contributed by atoms with van der Waals surface area (Å²) < 4.78 is 8.70. The van der Waals surface area contributed by atoms with Gasteiger partial charge in [-0.25, -0.2) is 9.67 Å². The SMILES string of the molecule is COc1cn(-c2ccccc2)nc1C(=O)NC(Cn1cncn1)c1ccccc1. The van der Waals surface area contributed by atoms with Gasteiger partial charge in [0.15, 0.2) is 11.4 Å². The van der Waals surface area contributed by atoms with E-state index in [-0.39, 0.29) is 17.6 Å². The first-order valence-corrected chi connectivity index (χ1v) is 9.12. The summed E-state index contributed by atoms with van der Waals surface area (Å²) in [6.07, 6.45) is 4.78. The van der Waals surface area contributed by atoms with E-state index < -0.39 is 0 Å². The minimum Gasteiger partial charge on any atom is -0.493 e. The number of para-hydroxylation sites is 1. The van der Waals surface area contributed by atoms with Crippen LogP contribution in [0.25, 0.3) is 5.69 Å². The molecule has 0 radical (unpaired) electrons. The normalized spacial score (nSPS) is 11.8. The van der Waals surface area contributed by atoms with Crippen molar-refractivity contribution in [3.05, 3.63) is 90.8 Å². The van der Waals surface area contributed by atoms with E-state index in [1.165, 1.54) is 13.4 Å². The van der Waals surface area contributed by atoms with Crippen molar-refractivity contribution in [3.63, 3.8) is 0 Å². The summed E-state index contributed by atoms with van der Waals surface area (Å²) in [6.45, 7) is 0.442. The number of nitrogens with zero attached hydrogens (tertiary/aromatic N) is 5. The highest BCUT2D eigenvalue weighted by molar-refractivity contribution is 5.95. The topological polar surface area (TPSA) is 86.9 Å². The smallest absolute Gasteiger partial charge is 0.276 e. The van der Waals surface area contributed by atoms with E-state index in [2.05, 4.69) is 20.5 Å². The van der Waals surface area contributed by atoms with E-state index in [1.54, 1.807) is 21.9 Å². The third-order valence-corrected chi connectivity index (χ3v) is 4.48. The van der Waals surface area contributed by atoms with E-state index in [0.717, 1.165) is 11.3 Å². The molecule has 8 heteroatoms. The van der Waals surface area contributed by atoms with Gasteiger partial charge in [-0.05, 0) is 17.7 Å². The maximum absolute atomic E-state index is 13.1. The monoisotopic (exact) mass is 388 g/mol. The van der Waals surface area contributed by atoms with Gasteiger partial charge in [0.25, 0.3) is 5.91 Å². The molecule has 146 valence electrons. The number of carbonyl (C=O) groups is 1. The van der Waals surface area contributed by atoms with Crippen LogP contribution >= 0.6 is 0 Å². The highest BCUT2D eigenvalue weighted by Crippen LogP contribution is 2.21. The highest BCUT2D eigenvalue weighted by atomic mass is 16.5. The van der Waals surface area contributed by atoms with Crippen molar-refractivity contribution in [1.29, 1.82) is 0 Å². The minimum atomic E-state index is -0.328. The van der Waals surface area contributed by atoms with Gasteiger partial charge in [0.1, 0.15) is 12.7 Å². The van der Waals surface area contributed by atoms with Crippen LogP contribution in [0.5, 0.6) is 5.75 Å². The quantitative estimate of drug-likeness (QED) is 0.526. The van der Waals surface area contributed by atoms with Crippen molar-refractivity contribution in [2.24, 2.45) is 0 Å². The molecule has 4 rings (SSSR count). The van der Waals surface area contributed by atoms with E-state index in [4.69, 9.17) is 4.74 Å². The molecular formula is C21H20N6O2. The van der Waals surface area contributed by atoms with Crippen LogP contribution in [0.15, 0.2) is 79.5 Å². The lowest BCUT2D eigenvalue weighted by molar-refractivity contribution is 0.0923. The number of amides is 1. The molecule has 1 N–H and O–H groups in total. The Kier molecular flexibility index (Phi) is 5.33. The molecular weight excluding hydrogens is 368 g/mol. The molecule has 0 fully saturated rings. The molecule has 0 saturated heterocycles. The number of carbonyl (C=O) groups excluding carboxylic acids is 1. The Morgan fingerprint density at radius 2 is 1.83 bits per heavy atom. The summed E-state index contributed by atoms with van der Waals surface area (Å²) in [5.74, 6) is 0.0735. The van der Waals surface area contributed by atoms with Crippen LogP contribution < -0.4 is 10.1 Å². The van der Waals surface area contributed by atoms with Crippen molar-refractivity contribution in [2.75, 3.05) is 7.11 Å². The molecule has 0 bridgehead atoms. The van der Waals surface area contributed by atoms with Gasteiger partial charge >= 0.3 is 0 Å². The Morgan fingerprint density at radius 1 is 1.10 bits per heavy atom. The zero-order valence-corrected chi connectivity index (χ0v) is 15.8. The zero-order chi connectivity index (χ0) is 20.1. The molecule has 0 aliphatic heterocycles. The first-order chi connectivity index (χ1) is 14.2. The van der Waals surface area contributed by atoms with Gasteiger partial charge in [-0.2, -0.15) is 10.2 Å². The fraction of sp³-hybridized carbons (Fsp3) is 0.143. The van der Waals surface area contributed by atoms with Crippen molar-refractivity contribution < 1.29 is 9.53 Å². The van der Waals surface area contributed by atoms with Crippen LogP contribution in [-0.4, -0.2) is 37.6 Å². The molecule has 1 unspecified atom stereocenters. The third kappa shape index (κ3) is 4.16. The fourth-order valence-electron chi connectivity index (χ4n) is 3.04. The minimum absolute atomic E-state index is 0.218. The van der Waals surface area contributed by atoms with Crippen LogP contribution in [0, 0.1) is 0 Å². The lowest BCUT2D eigenvalue weighted by Crippen LogP contribution is -2.32. The molecule has 0 aliphatic rings. The largest absolute Gasteiger partial charge is 0.493 e. The molecule has 0 aliphatic carbocycles. The Balaban J connectivity index is 1.61. The van der Waals surface area contributed by atoms with E-state index in [9.17, 15) is 4.79 Å².